The summed E-state index contributed by atoms with van der Waals surface area (Å²) >= 11 is 7.99. The number of halogens is 1. The van der Waals surface area contributed by atoms with Crippen LogP contribution in [-0.4, -0.2) is 17.0 Å². The fraction of sp³-hybridized carbons (Fsp3) is 0.412. The predicted molar refractivity (Wildman–Crippen MR) is 93.8 cm³/mol. The minimum absolute atomic E-state index is 0.625. The lowest BCUT2D eigenvalue weighted by Gasteiger charge is -2.00. The van der Waals surface area contributed by atoms with Gasteiger partial charge in [-0.3, -0.25) is 0 Å². The molecule has 0 saturated carbocycles. The monoisotopic (exact) mass is 339 g/mol. The zero-order valence-electron chi connectivity index (χ0n) is 13.5. The molecule has 0 aliphatic carbocycles. The van der Waals surface area contributed by atoms with E-state index < -0.39 is 0 Å². The molecule has 0 atom stereocenters. The molecule has 0 radical (unpaired) electrons. The summed E-state index contributed by atoms with van der Waals surface area (Å²) in [5.41, 5.74) is 3.02. The van der Waals surface area contributed by atoms with Crippen LogP contribution in [0.1, 0.15) is 38.4 Å². The van der Waals surface area contributed by atoms with Gasteiger partial charge in [0.05, 0.1) is 16.3 Å². The van der Waals surface area contributed by atoms with Crippen LogP contribution in [0.4, 0.5) is 0 Å². The van der Waals surface area contributed by atoms with E-state index in [1.54, 1.807) is 11.8 Å². The number of thioether (sulfide) groups is 1. The molecule has 0 saturated heterocycles. The Labute approximate surface area is 141 Å². The third-order valence-electron chi connectivity index (χ3n) is 2.79. The van der Waals surface area contributed by atoms with Crippen molar-refractivity contribution in [2.75, 3.05) is 5.75 Å². The van der Waals surface area contributed by atoms with Crippen molar-refractivity contribution in [3.05, 3.63) is 34.5 Å². The van der Waals surface area contributed by atoms with Crippen molar-refractivity contribution in [2.24, 2.45) is 0 Å². The first kappa shape index (κ1) is 18.8. The minimum Gasteiger partial charge on any atom is -0.430 e. The molecular weight excluding hydrogens is 318 g/mol. The van der Waals surface area contributed by atoms with Gasteiger partial charge >= 0.3 is 0 Å². The number of oxazole rings is 1. The Morgan fingerprint density at radius 2 is 2.05 bits per heavy atom. The molecule has 1 aromatic carbocycles. The maximum atomic E-state index is 8.81. The minimum atomic E-state index is 0.625. The number of nitrogens with zero attached hydrogens (tertiary/aromatic N) is 1. The van der Waals surface area contributed by atoms with Gasteiger partial charge in [-0.2, -0.15) is 0 Å². The summed E-state index contributed by atoms with van der Waals surface area (Å²) in [5.74, 6) is 1.67. The molecule has 2 aromatic rings. The maximum absolute atomic E-state index is 8.81. The van der Waals surface area contributed by atoms with Gasteiger partial charge in [-0.05, 0) is 44.4 Å². The summed E-state index contributed by atoms with van der Waals surface area (Å²) in [6.07, 6.45) is 2.74. The summed E-state index contributed by atoms with van der Waals surface area (Å²) in [5, 5.41) is 1.62. The number of aromatic nitrogens is 1. The molecule has 1 heterocycles. The Morgan fingerprint density at radius 1 is 1.36 bits per heavy atom. The smallest absolute Gasteiger partial charge is 0.229 e. The molecular formula is C17H22ClNO2S. The van der Waals surface area contributed by atoms with E-state index in [1.165, 1.54) is 6.92 Å². The zero-order valence-corrected chi connectivity index (χ0v) is 15.1. The summed E-state index contributed by atoms with van der Waals surface area (Å²) in [4.78, 5) is 13.4. The quantitative estimate of drug-likeness (QED) is 0.527. The van der Waals surface area contributed by atoms with E-state index in [1.807, 2.05) is 25.1 Å². The second-order valence-electron chi connectivity index (χ2n) is 4.67. The van der Waals surface area contributed by atoms with E-state index in [2.05, 4.69) is 18.8 Å². The molecule has 0 N–H and O–H groups in total. The average molecular weight is 340 g/mol. The van der Waals surface area contributed by atoms with Crippen molar-refractivity contribution in [3.63, 3.8) is 0 Å². The van der Waals surface area contributed by atoms with E-state index in [4.69, 9.17) is 20.8 Å². The van der Waals surface area contributed by atoms with Crippen molar-refractivity contribution in [2.45, 2.75) is 45.6 Å². The summed E-state index contributed by atoms with van der Waals surface area (Å²) in [7, 11) is 0. The van der Waals surface area contributed by atoms with Gasteiger partial charge in [0.2, 0.25) is 5.89 Å². The van der Waals surface area contributed by atoms with Crippen LogP contribution in [0.5, 0.6) is 0 Å². The highest BCUT2D eigenvalue weighted by molar-refractivity contribution is 7.99. The molecule has 5 heteroatoms. The zero-order chi connectivity index (χ0) is 16.5. The lowest BCUT2D eigenvalue weighted by molar-refractivity contribution is -0.106. The molecule has 1 aromatic heterocycles. The maximum Gasteiger partial charge on any atom is 0.229 e. The first-order valence-electron chi connectivity index (χ1n) is 7.36. The SMILES string of the molecule is CC=O.CCCSc1oc(-c2ccc(C)cc2Cl)nc1CC. The fourth-order valence-corrected chi connectivity index (χ4v) is 2.98. The van der Waals surface area contributed by atoms with Crippen LogP contribution in [-0.2, 0) is 11.2 Å². The highest BCUT2D eigenvalue weighted by Crippen LogP contribution is 2.33. The number of carbonyl (C=O) groups excluding carboxylic acids is 1. The molecule has 0 aliphatic heterocycles. The number of aldehydes is 1. The van der Waals surface area contributed by atoms with E-state index in [0.29, 0.717) is 10.9 Å². The first-order valence-corrected chi connectivity index (χ1v) is 8.72. The van der Waals surface area contributed by atoms with Gasteiger partial charge in [-0.25, -0.2) is 4.98 Å². The second-order valence-corrected chi connectivity index (χ2v) is 6.15. The molecule has 0 fully saturated rings. The Morgan fingerprint density at radius 3 is 2.59 bits per heavy atom. The van der Waals surface area contributed by atoms with Crippen LogP contribution in [0.25, 0.3) is 11.5 Å². The van der Waals surface area contributed by atoms with Gasteiger partial charge in [0.15, 0.2) is 5.09 Å². The Kier molecular flexibility index (Phi) is 8.28. The molecule has 3 nitrogen and oxygen atoms in total. The third-order valence-corrected chi connectivity index (χ3v) is 4.29. The topological polar surface area (TPSA) is 43.1 Å². The van der Waals surface area contributed by atoms with E-state index in [9.17, 15) is 0 Å². The summed E-state index contributed by atoms with van der Waals surface area (Å²) in [6.45, 7) is 7.71. The molecule has 120 valence electrons. The van der Waals surface area contributed by atoms with Crippen LogP contribution < -0.4 is 0 Å². The number of hydrogen-bond donors (Lipinski definition) is 0. The molecule has 0 bridgehead atoms. The Balaban J connectivity index is 0.000000745. The fourth-order valence-electron chi connectivity index (χ4n) is 1.78. The number of aryl methyl sites for hydroxylation is 2. The Hall–Kier alpha value is -1.26. The summed E-state index contributed by atoms with van der Waals surface area (Å²) in [6, 6.07) is 5.93. The Bertz CT molecular complexity index is 611. The molecule has 2 rings (SSSR count). The van der Waals surface area contributed by atoms with Gasteiger partial charge in [-0.1, -0.05) is 43.3 Å². The highest BCUT2D eigenvalue weighted by atomic mass is 35.5. The largest absolute Gasteiger partial charge is 0.430 e. The average Bonchev–Trinajstić information content (AvgIpc) is 2.89. The first-order chi connectivity index (χ1) is 10.6. The standard InChI is InChI=1S/C15H18ClNOS.C2H4O/c1-4-8-19-15-13(5-2)17-14(18-15)11-7-6-10(3)9-12(11)16;1-2-3/h6-7,9H,4-5,8H2,1-3H3;2H,1H3. The van der Waals surface area contributed by atoms with Crippen LogP contribution in [0.15, 0.2) is 27.7 Å². The number of hydrogen-bond acceptors (Lipinski definition) is 4. The predicted octanol–water partition coefficient (Wildman–Crippen LogP) is 5.57. The van der Waals surface area contributed by atoms with Crippen molar-refractivity contribution in [1.29, 1.82) is 0 Å². The van der Waals surface area contributed by atoms with Crippen LogP contribution in [0.3, 0.4) is 0 Å². The number of benzene rings is 1. The molecule has 22 heavy (non-hydrogen) atoms. The van der Waals surface area contributed by atoms with E-state index in [-0.39, 0.29) is 0 Å². The van der Waals surface area contributed by atoms with Crippen molar-refractivity contribution < 1.29 is 9.21 Å². The van der Waals surface area contributed by atoms with Gasteiger partial charge < -0.3 is 9.21 Å². The molecule has 0 aliphatic rings. The van der Waals surface area contributed by atoms with Gasteiger partial charge in [0, 0.05) is 5.75 Å². The number of rotatable bonds is 5. The summed E-state index contributed by atoms with van der Waals surface area (Å²) < 4.78 is 5.88. The van der Waals surface area contributed by atoms with E-state index >= 15 is 0 Å². The molecule has 0 amide bonds. The van der Waals surface area contributed by atoms with Gasteiger partial charge in [-0.15, -0.1) is 0 Å². The van der Waals surface area contributed by atoms with Gasteiger partial charge in [0.1, 0.15) is 6.29 Å². The molecule has 0 spiro atoms. The van der Waals surface area contributed by atoms with Crippen LogP contribution in [0, 0.1) is 6.92 Å². The number of carbonyl (C=O) groups is 1. The normalized spacial score (nSPS) is 10.0. The third kappa shape index (κ3) is 5.18. The van der Waals surface area contributed by atoms with Crippen molar-refractivity contribution >= 4 is 29.6 Å². The molecule has 0 unspecified atom stereocenters. The lowest BCUT2D eigenvalue weighted by Crippen LogP contribution is -1.84. The van der Waals surface area contributed by atoms with Crippen molar-refractivity contribution in [3.8, 4) is 11.5 Å². The van der Waals surface area contributed by atoms with Gasteiger partial charge in [0.25, 0.3) is 0 Å². The lowest BCUT2D eigenvalue weighted by atomic mass is 10.1. The van der Waals surface area contributed by atoms with E-state index in [0.717, 1.165) is 46.8 Å². The highest BCUT2D eigenvalue weighted by Gasteiger charge is 2.15. The van der Waals surface area contributed by atoms with Crippen LogP contribution in [0.2, 0.25) is 5.02 Å². The second kappa shape index (κ2) is 9.70. The van der Waals surface area contributed by atoms with Crippen molar-refractivity contribution in [1.82, 2.24) is 4.98 Å². The van der Waals surface area contributed by atoms with Crippen LogP contribution >= 0.6 is 23.4 Å².